The van der Waals surface area contributed by atoms with Gasteiger partial charge in [0.2, 0.25) is 11.8 Å². The van der Waals surface area contributed by atoms with Crippen LogP contribution in [0.25, 0.3) is 0 Å². The molecule has 0 bridgehead atoms. The molecule has 6 heteroatoms. The maximum atomic E-state index is 12.1. The van der Waals surface area contributed by atoms with Gasteiger partial charge in [0.15, 0.2) is 0 Å². The van der Waals surface area contributed by atoms with Gasteiger partial charge in [-0.15, -0.1) is 0 Å². The Balaban J connectivity index is 1.94. The van der Waals surface area contributed by atoms with Gasteiger partial charge in [0, 0.05) is 13.0 Å². The Kier molecular flexibility index (Phi) is 3.84. The van der Waals surface area contributed by atoms with Crippen LogP contribution in [0.15, 0.2) is 0 Å². The molecule has 0 radical (unpaired) electrons. The lowest BCUT2D eigenvalue weighted by Crippen LogP contribution is -2.49. The third-order valence-corrected chi connectivity index (χ3v) is 3.42. The first-order chi connectivity index (χ1) is 8.63. The molecule has 1 saturated carbocycles. The number of methoxy groups -OCH3 is 1. The molecule has 2 rings (SSSR count). The van der Waals surface area contributed by atoms with Crippen LogP contribution < -0.4 is 5.32 Å². The van der Waals surface area contributed by atoms with Crippen molar-refractivity contribution in [3.05, 3.63) is 0 Å². The molecule has 1 heterocycles. The van der Waals surface area contributed by atoms with Gasteiger partial charge in [0.1, 0.15) is 12.6 Å². The van der Waals surface area contributed by atoms with Gasteiger partial charge < -0.3 is 15.0 Å². The van der Waals surface area contributed by atoms with Gasteiger partial charge in [-0.25, -0.2) is 0 Å². The number of hydrogen-bond acceptors (Lipinski definition) is 4. The van der Waals surface area contributed by atoms with Gasteiger partial charge in [0.05, 0.1) is 7.11 Å². The lowest BCUT2D eigenvalue weighted by Gasteiger charge is -2.26. The molecule has 1 atom stereocenters. The summed E-state index contributed by atoms with van der Waals surface area (Å²) < 4.78 is 4.47. The predicted molar refractivity (Wildman–Crippen MR) is 62.5 cm³/mol. The number of hydrogen-bond donors (Lipinski definition) is 1. The summed E-state index contributed by atoms with van der Waals surface area (Å²) in [6.45, 7) is 0.506. The van der Waals surface area contributed by atoms with E-state index < -0.39 is 12.0 Å². The Hall–Kier alpha value is -1.59. The number of amides is 2. The average molecular weight is 254 g/mol. The molecule has 100 valence electrons. The fourth-order valence-corrected chi connectivity index (χ4v) is 2.32. The summed E-state index contributed by atoms with van der Waals surface area (Å²) in [6.07, 6.45) is 3.28. The van der Waals surface area contributed by atoms with E-state index >= 15 is 0 Å². The first kappa shape index (κ1) is 12.9. The van der Waals surface area contributed by atoms with Crippen LogP contribution in [0, 0.1) is 5.92 Å². The second kappa shape index (κ2) is 5.37. The van der Waals surface area contributed by atoms with Crippen molar-refractivity contribution in [2.45, 2.75) is 31.7 Å². The van der Waals surface area contributed by atoms with Crippen LogP contribution in [-0.2, 0) is 19.1 Å². The van der Waals surface area contributed by atoms with Gasteiger partial charge >= 0.3 is 5.97 Å². The average Bonchev–Trinajstić information content (AvgIpc) is 3.10. The van der Waals surface area contributed by atoms with E-state index in [-0.39, 0.29) is 24.3 Å². The molecule has 18 heavy (non-hydrogen) atoms. The van der Waals surface area contributed by atoms with Crippen molar-refractivity contribution >= 4 is 17.8 Å². The zero-order valence-electron chi connectivity index (χ0n) is 10.5. The molecular formula is C12H18N2O4. The fourth-order valence-electron chi connectivity index (χ4n) is 2.32. The number of carbonyl (C=O) groups is 3. The molecular weight excluding hydrogens is 236 g/mol. The minimum absolute atomic E-state index is 0.0418. The minimum Gasteiger partial charge on any atom is -0.468 e. The molecule has 2 fully saturated rings. The van der Waals surface area contributed by atoms with Crippen LogP contribution in [0.2, 0.25) is 0 Å². The molecule has 0 aromatic heterocycles. The number of carbonyl (C=O) groups excluding carboxylic acids is 3. The van der Waals surface area contributed by atoms with Crippen LogP contribution in [0.1, 0.15) is 25.7 Å². The van der Waals surface area contributed by atoms with Gasteiger partial charge in [-0.1, -0.05) is 0 Å². The standard InChI is InChI=1S/C12H18N2O4/c1-18-10(16)7-13-12(17)11(8-4-5-8)14-6-2-3-9(14)15/h8,11H,2-7H2,1H3,(H,13,17). The smallest absolute Gasteiger partial charge is 0.325 e. The molecule has 1 saturated heterocycles. The van der Waals surface area contributed by atoms with Crippen molar-refractivity contribution < 1.29 is 19.1 Å². The monoisotopic (exact) mass is 254 g/mol. The Morgan fingerprint density at radius 1 is 1.50 bits per heavy atom. The van der Waals surface area contributed by atoms with Crippen LogP contribution >= 0.6 is 0 Å². The lowest BCUT2D eigenvalue weighted by molar-refractivity contribution is -0.143. The summed E-state index contributed by atoms with van der Waals surface area (Å²) in [7, 11) is 1.27. The van der Waals surface area contributed by atoms with Crippen molar-refractivity contribution in [1.82, 2.24) is 10.2 Å². The molecule has 2 aliphatic rings. The molecule has 6 nitrogen and oxygen atoms in total. The number of rotatable bonds is 5. The highest BCUT2D eigenvalue weighted by atomic mass is 16.5. The largest absolute Gasteiger partial charge is 0.468 e. The van der Waals surface area contributed by atoms with Crippen molar-refractivity contribution in [2.75, 3.05) is 20.2 Å². The third kappa shape index (κ3) is 2.80. The molecule has 1 unspecified atom stereocenters. The van der Waals surface area contributed by atoms with Crippen LogP contribution in [-0.4, -0.2) is 48.9 Å². The highest BCUT2D eigenvalue weighted by molar-refractivity contribution is 5.90. The topological polar surface area (TPSA) is 75.7 Å². The first-order valence-corrected chi connectivity index (χ1v) is 6.27. The van der Waals surface area contributed by atoms with Crippen LogP contribution in [0.5, 0.6) is 0 Å². The minimum atomic E-state index is -0.481. The zero-order valence-corrected chi connectivity index (χ0v) is 10.5. The van der Waals surface area contributed by atoms with Crippen molar-refractivity contribution in [3.63, 3.8) is 0 Å². The maximum absolute atomic E-state index is 12.1. The molecule has 1 aliphatic carbocycles. The van der Waals surface area contributed by atoms with E-state index in [1.54, 1.807) is 4.90 Å². The Bertz CT molecular complexity index is 365. The molecule has 1 N–H and O–H groups in total. The van der Waals surface area contributed by atoms with Crippen molar-refractivity contribution in [1.29, 1.82) is 0 Å². The van der Waals surface area contributed by atoms with Gasteiger partial charge in [0.25, 0.3) is 0 Å². The Labute approximate surface area is 106 Å². The second-order valence-corrected chi connectivity index (χ2v) is 4.77. The normalized spacial score (nSPS) is 20.7. The third-order valence-electron chi connectivity index (χ3n) is 3.42. The summed E-state index contributed by atoms with van der Waals surface area (Å²) in [5.41, 5.74) is 0. The van der Waals surface area contributed by atoms with Gasteiger partial charge in [-0.3, -0.25) is 14.4 Å². The Morgan fingerprint density at radius 3 is 2.72 bits per heavy atom. The Morgan fingerprint density at radius 2 is 2.22 bits per heavy atom. The number of ether oxygens (including phenoxy) is 1. The summed E-state index contributed by atoms with van der Waals surface area (Å²) >= 11 is 0. The van der Waals surface area contributed by atoms with Gasteiger partial charge in [-0.05, 0) is 25.2 Å². The molecule has 0 spiro atoms. The van der Waals surface area contributed by atoms with Crippen LogP contribution in [0.3, 0.4) is 0 Å². The number of nitrogens with one attached hydrogen (secondary N) is 1. The summed E-state index contributed by atoms with van der Waals surface area (Å²) in [5.74, 6) is -0.423. The highest BCUT2D eigenvalue weighted by Crippen LogP contribution is 2.36. The quantitative estimate of drug-likeness (QED) is 0.682. The number of nitrogens with zero attached hydrogens (tertiary/aromatic N) is 1. The molecule has 0 aromatic carbocycles. The second-order valence-electron chi connectivity index (χ2n) is 4.77. The maximum Gasteiger partial charge on any atom is 0.325 e. The summed E-state index contributed by atoms with van der Waals surface area (Å²) in [5, 5.41) is 2.54. The van der Waals surface area contributed by atoms with E-state index in [4.69, 9.17) is 0 Å². The van der Waals surface area contributed by atoms with E-state index in [2.05, 4.69) is 10.1 Å². The predicted octanol–water partition coefficient (Wildman–Crippen LogP) is -0.323. The van der Waals surface area contributed by atoms with E-state index in [1.165, 1.54) is 7.11 Å². The van der Waals surface area contributed by atoms with E-state index in [9.17, 15) is 14.4 Å². The summed E-state index contributed by atoms with van der Waals surface area (Å²) in [6, 6.07) is -0.398. The summed E-state index contributed by atoms with van der Waals surface area (Å²) in [4.78, 5) is 36.4. The fraction of sp³-hybridized carbons (Fsp3) is 0.750. The molecule has 2 amide bonds. The van der Waals surface area contributed by atoms with Crippen molar-refractivity contribution in [2.24, 2.45) is 5.92 Å². The van der Waals surface area contributed by atoms with E-state index in [0.29, 0.717) is 13.0 Å². The number of esters is 1. The van der Waals surface area contributed by atoms with E-state index in [1.807, 2.05) is 0 Å². The van der Waals surface area contributed by atoms with Crippen molar-refractivity contribution in [3.8, 4) is 0 Å². The lowest BCUT2D eigenvalue weighted by atomic mass is 10.1. The highest BCUT2D eigenvalue weighted by Gasteiger charge is 2.43. The van der Waals surface area contributed by atoms with Crippen LogP contribution in [0.4, 0.5) is 0 Å². The first-order valence-electron chi connectivity index (χ1n) is 6.27. The van der Waals surface area contributed by atoms with Gasteiger partial charge in [-0.2, -0.15) is 0 Å². The SMILES string of the molecule is COC(=O)CNC(=O)C(C1CC1)N1CCCC1=O. The van der Waals surface area contributed by atoms with E-state index in [0.717, 1.165) is 19.3 Å². The molecule has 0 aromatic rings. The zero-order chi connectivity index (χ0) is 13.1. The number of likely N-dealkylation sites (tertiary alicyclic amines) is 1. The molecule has 1 aliphatic heterocycles.